The van der Waals surface area contributed by atoms with Crippen molar-refractivity contribution in [3.8, 4) is 11.5 Å². The lowest BCUT2D eigenvalue weighted by molar-refractivity contribution is -0.119. The molecule has 2 aromatic carbocycles. The quantitative estimate of drug-likeness (QED) is 0.862. The van der Waals surface area contributed by atoms with Crippen molar-refractivity contribution in [2.24, 2.45) is 5.92 Å². The number of hydrogen-bond donors (Lipinski definition) is 1. The Morgan fingerprint density at radius 1 is 1.13 bits per heavy atom. The maximum atomic E-state index is 12.3. The number of methoxy groups -OCH3 is 2. The van der Waals surface area contributed by atoms with Crippen LogP contribution < -0.4 is 14.8 Å². The molecule has 0 spiro atoms. The number of carbonyl (C=O) groups excluding carboxylic acids is 1. The number of anilines is 1. The lowest BCUT2D eigenvalue weighted by Crippen LogP contribution is -2.22. The lowest BCUT2D eigenvalue weighted by atomic mass is 10.00. The monoisotopic (exact) mass is 333 g/mol. The van der Waals surface area contributed by atoms with Crippen molar-refractivity contribution in [1.82, 2.24) is 0 Å². The highest BCUT2D eigenvalue weighted by molar-refractivity contribution is 6.30. The van der Waals surface area contributed by atoms with Gasteiger partial charge in [-0.1, -0.05) is 30.7 Å². The van der Waals surface area contributed by atoms with E-state index in [1.54, 1.807) is 32.4 Å². The number of benzene rings is 2. The molecule has 0 radical (unpaired) electrons. The molecule has 0 bridgehead atoms. The van der Waals surface area contributed by atoms with E-state index in [2.05, 4.69) is 5.32 Å². The normalized spacial score (nSPS) is 11.7. The Morgan fingerprint density at radius 2 is 1.87 bits per heavy atom. The zero-order valence-electron chi connectivity index (χ0n) is 13.4. The van der Waals surface area contributed by atoms with E-state index in [9.17, 15) is 4.79 Å². The number of halogens is 1. The van der Waals surface area contributed by atoms with Gasteiger partial charge >= 0.3 is 0 Å². The largest absolute Gasteiger partial charge is 0.493 e. The van der Waals surface area contributed by atoms with Gasteiger partial charge in [-0.15, -0.1) is 0 Å². The van der Waals surface area contributed by atoms with Crippen LogP contribution >= 0.6 is 11.6 Å². The average molecular weight is 334 g/mol. The van der Waals surface area contributed by atoms with Crippen LogP contribution in [0.3, 0.4) is 0 Å². The second-order valence-corrected chi connectivity index (χ2v) is 5.73. The van der Waals surface area contributed by atoms with Crippen LogP contribution in [0, 0.1) is 5.92 Å². The van der Waals surface area contributed by atoms with Crippen LogP contribution in [0.5, 0.6) is 11.5 Å². The molecule has 122 valence electrons. The Labute approximate surface area is 141 Å². The predicted molar refractivity (Wildman–Crippen MR) is 92.5 cm³/mol. The van der Waals surface area contributed by atoms with E-state index in [1.807, 2.05) is 31.2 Å². The smallest absolute Gasteiger partial charge is 0.227 e. The van der Waals surface area contributed by atoms with Gasteiger partial charge in [0.1, 0.15) is 0 Å². The molecule has 1 unspecified atom stereocenters. The number of nitrogens with one attached hydrogen (secondary N) is 1. The van der Waals surface area contributed by atoms with Gasteiger partial charge in [-0.25, -0.2) is 0 Å². The molecule has 1 amide bonds. The van der Waals surface area contributed by atoms with E-state index in [-0.39, 0.29) is 11.8 Å². The van der Waals surface area contributed by atoms with Gasteiger partial charge in [-0.05, 0) is 42.3 Å². The number of hydrogen-bond acceptors (Lipinski definition) is 3. The first-order valence-electron chi connectivity index (χ1n) is 7.31. The Balaban J connectivity index is 2.03. The highest BCUT2D eigenvalue weighted by Crippen LogP contribution is 2.28. The van der Waals surface area contributed by atoms with Crippen LogP contribution in [0.25, 0.3) is 0 Å². The first-order valence-corrected chi connectivity index (χ1v) is 7.68. The molecule has 0 aliphatic carbocycles. The van der Waals surface area contributed by atoms with Gasteiger partial charge in [0, 0.05) is 16.6 Å². The van der Waals surface area contributed by atoms with Crippen molar-refractivity contribution >= 4 is 23.2 Å². The Morgan fingerprint density at radius 3 is 2.52 bits per heavy atom. The molecule has 0 aliphatic heterocycles. The van der Waals surface area contributed by atoms with Crippen LogP contribution in [-0.2, 0) is 11.2 Å². The lowest BCUT2D eigenvalue weighted by Gasteiger charge is -2.14. The zero-order chi connectivity index (χ0) is 16.8. The second kappa shape index (κ2) is 7.88. The molecule has 2 aromatic rings. The minimum Gasteiger partial charge on any atom is -0.493 e. The number of rotatable bonds is 6. The van der Waals surface area contributed by atoms with Crippen molar-refractivity contribution in [3.05, 3.63) is 53.1 Å². The van der Waals surface area contributed by atoms with E-state index >= 15 is 0 Å². The summed E-state index contributed by atoms with van der Waals surface area (Å²) in [5.41, 5.74) is 1.71. The molecular weight excluding hydrogens is 314 g/mol. The van der Waals surface area contributed by atoms with Gasteiger partial charge < -0.3 is 14.8 Å². The summed E-state index contributed by atoms with van der Waals surface area (Å²) >= 11 is 5.92. The third-order valence-electron chi connectivity index (χ3n) is 3.53. The van der Waals surface area contributed by atoms with Gasteiger partial charge in [0.05, 0.1) is 14.2 Å². The van der Waals surface area contributed by atoms with Gasteiger partial charge in [0.25, 0.3) is 0 Å². The summed E-state index contributed by atoms with van der Waals surface area (Å²) in [5, 5.41) is 3.47. The van der Waals surface area contributed by atoms with E-state index in [0.29, 0.717) is 28.6 Å². The molecule has 2 rings (SSSR count). The van der Waals surface area contributed by atoms with Crippen LogP contribution in [0.2, 0.25) is 5.02 Å². The van der Waals surface area contributed by atoms with Gasteiger partial charge in [0.2, 0.25) is 5.91 Å². The summed E-state index contributed by atoms with van der Waals surface area (Å²) < 4.78 is 10.5. The predicted octanol–water partition coefficient (Wildman–Crippen LogP) is 4.17. The summed E-state index contributed by atoms with van der Waals surface area (Å²) in [4.78, 5) is 12.3. The SMILES string of the molecule is COc1ccc(CC(C)C(=O)Nc2cccc(Cl)c2)cc1OC. The van der Waals surface area contributed by atoms with Crippen molar-refractivity contribution in [1.29, 1.82) is 0 Å². The zero-order valence-corrected chi connectivity index (χ0v) is 14.2. The fraction of sp³-hybridized carbons (Fsp3) is 0.278. The van der Waals surface area contributed by atoms with Crippen molar-refractivity contribution in [3.63, 3.8) is 0 Å². The van der Waals surface area contributed by atoms with Crippen LogP contribution in [0.1, 0.15) is 12.5 Å². The second-order valence-electron chi connectivity index (χ2n) is 5.29. The molecule has 1 N–H and O–H groups in total. The van der Waals surface area contributed by atoms with E-state index < -0.39 is 0 Å². The molecule has 0 heterocycles. The van der Waals surface area contributed by atoms with Gasteiger partial charge in [-0.3, -0.25) is 4.79 Å². The Bertz CT molecular complexity index is 688. The number of amides is 1. The Hall–Kier alpha value is -2.20. The topological polar surface area (TPSA) is 47.6 Å². The summed E-state index contributed by atoms with van der Waals surface area (Å²) in [7, 11) is 3.19. The molecule has 23 heavy (non-hydrogen) atoms. The van der Waals surface area contributed by atoms with Gasteiger partial charge in [-0.2, -0.15) is 0 Å². The van der Waals surface area contributed by atoms with E-state index in [1.165, 1.54) is 0 Å². The molecule has 5 heteroatoms. The van der Waals surface area contributed by atoms with Crippen molar-refractivity contribution in [2.75, 3.05) is 19.5 Å². The van der Waals surface area contributed by atoms with Crippen molar-refractivity contribution in [2.45, 2.75) is 13.3 Å². The first kappa shape index (κ1) is 17.2. The van der Waals surface area contributed by atoms with E-state index in [4.69, 9.17) is 21.1 Å². The molecule has 0 aromatic heterocycles. The molecule has 4 nitrogen and oxygen atoms in total. The fourth-order valence-electron chi connectivity index (χ4n) is 2.29. The molecular formula is C18H20ClNO3. The van der Waals surface area contributed by atoms with Crippen LogP contribution in [0.4, 0.5) is 5.69 Å². The molecule has 1 atom stereocenters. The van der Waals surface area contributed by atoms with Crippen molar-refractivity contribution < 1.29 is 14.3 Å². The highest BCUT2D eigenvalue weighted by atomic mass is 35.5. The van der Waals surface area contributed by atoms with Crippen LogP contribution in [0.15, 0.2) is 42.5 Å². The summed E-state index contributed by atoms with van der Waals surface area (Å²) in [6.07, 6.45) is 0.604. The minimum absolute atomic E-state index is 0.0537. The summed E-state index contributed by atoms with van der Waals surface area (Å²) in [6.45, 7) is 1.89. The van der Waals surface area contributed by atoms with Crippen LogP contribution in [-0.4, -0.2) is 20.1 Å². The highest BCUT2D eigenvalue weighted by Gasteiger charge is 2.15. The maximum absolute atomic E-state index is 12.3. The Kier molecular flexibility index (Phi) is 5.88. The summed E-state index contributed by atoms with van der Waals surface area (Å²) in [6, 6.07) is 12.8. The molecule has 0 fully saturated rings. The van der Waals surface area contributed by atoms with Gasteiger partial charge in [0.15, 0.2) is 11.5 Å². The number of ether oxygens (including phenoxy) is 2. The number of carbonyl (C=O) groups is 1. The third kappa shape index (κ3) is 4.63. The molecule has 0 saturated carbocycles. The maximum Gasteiger partial charge on any atom is 0.227 e. The molecule has 0 saturated heterocycles. The average Bonchev–Trinajstić information content (AvgIpc) is 2.54. The standard InChI is InChI=1S/C18H20ClNO3/c1-12(18(21)20-15-6-4-5-14(19)11-15)9-13-7-8-16(22-2)17(10-13)23-3/h4-8,10-12H,9H2,1-3H3,(H,20,21). The first-order chi connectivity index (χ1) is 11.0. The third-order valence-corrected chi connectivity index (χ3v) is 3.76. The fourth-order valence-corrected chi connectivity index (χ4v) is 2.48. The summed E-state index contributed by atoms with van der Waals surface area (Å²) in [5.74, 6) is 1.09. The minimum atomic E-state index is -0.188. The molecule has 0 aliphatic rings. The van der Waals surface area contributed by atoms with E-state index in [0.717, 1.165) is 5.56 Å².